The van der Waals surface area contributed by atoms with Crippen molar-refractivity contribution in [1.29, 1.82) is 0 Å². The summed E-state index contributed by atoms with van der Waals surface area (Å²) >= 11 is 18.0. The summed E-state index contributed by atoms with van der Waals surface area (Å²) in [5, 5.41) is 5.01. The molecule has 1 N–H and O–H groups in total. The van der Waals surface area contributed by atoms with E-state index in [1.165, 1.54) is 7.11 Å². The van der Waals surface area contributed by atoms with Crippen LogP contribution in [0.3, 0.4) is 0 Å². The van der Waals surface area contributed by atoms with Crippen molar-refractivity contribution >= 4 is 46.5 Å². The third kappa shape index (κ3) is 4.75. The number of nitrogens with one attached hydrogen (secondary N) is 1. The highest BCUT2D eigenvalue weighted by Crippen LogP contribution is 2.41. The van der Waals surface area contributed by atoms with Gasteiger partial charge in [0, 0.05) is 29.7 Å². The number of carbonyl (C=O) groups is 1. The Hall–Kier alpha value is -2.61. The average Bonchev–Trinajstić information content (AvgIpc) is 3.39. The number of carbonyl (C=O) groups excluding carboxylic acids is 1. The first-order chi connectivity index (χ1) is 15.5. The number of halogens is 2. The van der Waals surface area contributed by atoms with Crippen molar-refractivity contribution in [3.63, 3.8) is 0 Å². The minimum Gasteiger partial charge on any atom is -0.469 e. The quantitative estimate of drug-likeness (QED) is 0.343. The zero-order chi connectivity index (χ0) is 22.7. The van der Waals surface area contributed by atoms with Gasteiger partial charge in [-0.1, -0.05) is 29.3 Å². The standard InChI is InChI=1S/C23H21Cl2N3O3S/c1-30-20(29)6-4-12-28-22(21(27-23(28)32)17-5-2-3-11-26-17)19-10-9-18(31-19)15-8-7-14(24)13-16(15)25/h2-3,5,7-11,13,21-22H,4,6,12H2,1H3,(H,27,32)/t21-,22+/m1/s1. The molecule has 1 aliphatic heterocycles. The fraction of sp³-hybridized carbons (Fsp3) is 0.261. The molecule has 0 aliphatic carbocycles. The molecule has 32 heavy (non-hydrogen) atoms. The molecular formula is C23H21Cl2N3O3S. The van der Waals surface area contributed by atoms with Crippen LogP contribution in [0.5, 0.6) is 0 Å². The van der Waals surface area contributed by atoms with Crippen LogP contribution in [0, 0.1) is 0 Å². The van der Waals surface area contributed by atoms with Crippen LogP contribution in [0.1, 0.15) is 36.4 Å². The maximum Gasteiger partial charge on any atom is 0.305 e. The van der Waals surface area contributed by atoms with Crippen molar-refractivity contribution in [3.05, 3.63) is 76.2 Å². The number of nitrogens with zero attached hydrogens (tertiary/aromatic N) is 2. The van der Waals surface area contributed by atoms with Gasteiger partial charge in [0.05, 0.1) is 23.9 Å². The van der Waals surface area contributed by atoms with Gasteiger partial charge >= 0.3 is 5.97 Å². The van der Waals surface area contributed by atoms with Crippen molar-refractivity contribution in [3.8, 4) is 11.3 Å². The summed E-state index contributed by atoms with van der Waals surface area (Å²) in [6.07, 6.45) is 2.65. The molecule has 3 heterocycles. The van der Waals surface area contributed by atoms with E-state index in [4.69, 9.17) is 44.6 Å². The fourth-order valence-corrected chi connectivity index (χ4v) is 4.63. The van der Waals surface area contributed by atoms with Crippen LogP contribution in [-0.4, -0.2) is 34.6 Å². The molecule has 0 radical (unpaired) electrons. The van der Waals surface area contributed by atoms with E-state index in [1.807, 2.05) is 41.3 Å². The van der Waals surface area contributed by atoms with Gasteiger partial charge in [-0.2, -0.15) is 0 Å². The Morgan fingerprint density at radius 3 is 2.81 bits per heavy atom. The SMILES string of the molecule is COC(=O)CCCN1C(=S)N[C@H](c2ccccn2)[C@@H]1c1ccc(-c2ccc(Cl)cc2Cl)o1. The smallest absolute Gasteiger partial charge is 0.305 e. The van der Waals surface area contributed by atoms with Crippen molar-refractivity contribution in [2.24, 2.45) is 0 Å². The maximum atomic E-state index is 11.6. The molecule has 6 nitrogen and oxygen atoms in total. The molecule has 0 saturated carbocycles. The summed E-state index contributed by atoms with van der Waals surface area (Å²) in [7, 11) is 1.39. The molecule has 4 rings (SSSR count). The number of hydrogen-bond donors (Lipinski definition) is 1. The summed E-state index contributed by atoms with van der Waals surface area (Å²) in [6.45, 7) is 0.562. The Morgan fingerprint density at radius 2 is 2.09 bits per heavy atom. The van der Waals surface area contributed by atoms with Crippen molar-refractivity contribution in [1.82, 2.24) is 15.2 Å². The average molecular weight is 490 g/mol. The Balaban J connectivity index is 1.66. The number of pyridine rings is 1. The number of methoxy groups -OCH3 is 1. The molecule has 166 valence electrons. The Labute approximate surface area is 201 Å². The fourth-order valence-electron chi connectivity index (χ4n) is 3.80. The van der Waals surface area contributed by atoms with E-state index in [-0.39, 0.29) is 18.1 Å². The third-order valence-corrected chi connectivity index (χ3v) is 6.22. The van der Waals surface area contributed by atoms with Crippen LogP contribution in [0.15, 0.2) is 59.1 Å². The van der Waals surface area contributed by atoms with Gasteiger partial charge in [0.2, 0.25) is 0 Å². The molecule has 0 bridgehead atoms. The first-order valence-electron chi connectivity index (χ1n) is 10.1. The zero-order valence-electron chi connectivity index (χ0n) is 17.3. The van der Waals surface area contributed by atoms with E-state index in [1.54, 1.807) is 18.3 Å². The monoisotopic (exact) mass is 489 g/mol. The van der Waals surface area contributed by atoms with Crippen molar-refractivity contribution < 1.29 is 13.9 Å². The second-order valence-corrected chi connectivity index (χ2v) is 8.56. The topological polar surface area (TPSA) is 67.6 Å². The highest BCUT2D eigenvalue weighted by Gasteiger charge is 2.41. The lowest BCUT2D eigenvalue weighted by Gasteiger charge is -2.25. The highest BCUT2D eigenvalue weighted by molar-refractivity contribution is 7.80. The lowest BCUT2D eigenvalue weighted by atomic mass is 10.0. The second-order valence-electron chi connectivity index (χ2n) is 7.33. The van der Waals surface area contributed by atoms with Crippen LogP contribution in [0.4, 0.5) is 0 Å². The van der Waals surface area contributed by atoms with Gasteiger partial charge in [0.25, 0.3) is 0 Å². The summed E-state index contributed by atoms with van der Waals surface area (Å²) in [4.78, 5) is 18.1. The molecule has 1 saturated heterocycles. The van der Waals surface area contributed by atoms with Crippen molar-refractivity contribution in [2.45, 2.75) is 24.9 Å². The number of hydrogen-bond acceptors (Lipinski definition) is 5. The zero-order valence-corrected chi connectivity index (χ0v) is 19.6. The molecular weight excluding hydrogens is 469 g/mol. The van der Waals surface area contributed by atoms with Crippen LogP contribution >= 0.6 is 35.4 Å². The number of aromatic nitrogens is 1. The van der Waals surface area contributed by atoms with E-state index < -0.39 is 0 Å². The molecule has 1 fully saturated rings. The van der Waals surface area contributed by atoms with Gasteiger partial charge in [0.1, 0.15) is 17.6 Å². The van der Waals surface area contributed by atoms with Gasteiger partial charge in [-0.15, -0.1) is 0 Å². The lowest BCUT2D eigenvalue weighted by Crippen LogP contribution is -2.30. The summed E-state index contributed by atoms with van der Waals surface area (Å²) in [6, 6.07) is 14.4. The molecule has 3 aromatic rings. The van der Waals surface area contributed by atoms with Gasteiger partial charge < -0.3 is 19.4 Å². The van der Waals surface area contributed by atoms with Gasteiger partial charge in [0.15, 0.2) is 5.11 Å². The lowest BCUT2D eigenvalue weighted by molar-refractivity contribution is -0.140. The van der Waals surface area contributed by atoms with Crippen LogP contribution < -0.4 is 5.32 Å². The Bertz CT molecular complexity index is 1120. The number of benzene rings is 1. The van der Waals surface area contributed by atoms with Crippen molar-refractivity contribution in [2.75, 3.05) is 13.7 Å². The number of esters is 1. The van der Waals surface area contributed by atoms with Gasteiger partial charge in [-0.05, 0) is 61.1 Å². The number of ether oxygens (including phenoxy) is 1. The molecule has 0 unspecified atom stereocenters. The largest absolute Gasteiger partial charge is 0.469 e. The number of thiocarbonyl (C=S) groups is 1. The molecule has 1 aromatic carbocycles. The molecule has 1 aliphatic rings. The Kier molecular flexibility index (Phi) is 6.98. The van der Waals surface area contributed by atoms with Crippen LogP contribution in [0.2, 0.25) is 10.0 Å². The number of rotatable bonds is 7. The predicted molar refractivity (Wildman–Crippen MR) is 128 cm³/mol. The summed E-state index contributed by atoms with van der Waals surface area (Å²) in [5.41, 5.74) is 1.60. The number of furan rings is 1. The Morgan fingerprint density at radius 1 is 1.25 bits per heavy atom. The highest BCUT2D eigenvalue weighted by atomic mass is 35.5. The maximum absolute atomic E-state index is 11.6. The molecule has 2 aromatic heterocycles. The van der Waals surface area contributed by atoms with Gasteiger partial charge in [-0.3, -0.25) is 9.78 Å². The normalized spacial score (nSPS) is 18.0. The van der Waals surface area contributed by atoms with E-state index in [0.717, 1.165) is 11.3 Å². The first kappa shape index (κ1) is 22.6. The third-order valence-electron chi connectivity index (χ3n) is 5.32. The molecule has 0 spiro atoms. The molecule has 2 atom stereocenters. The molecule has 0 amide bonds. The second kappa shape index (κ2) is 9.90. The van der Waals surface area contributed by atoms with Crippen LogP contribution in [-0.2, 0) is 9.53 Å². The minimum atomic E-state index is -0.251. The first-order valence-corrected chi connectivity index (χ1v) is 11.2. The summed E-state index contributed by atoms with van der Waals surface area (Å²) in [5.74, 6) is 1.10. The van der Waals surface area contributed by atoms with E-state index >= 15 is 0 Å². The predicted octanol–water partition coefficient (Wildman–Crippen LogP) is 5.57. The van der Waals surface area contributed by atoms with Gasteiger partial charge in [-0.25, -0.2) is 0 Å². The van der Waals surface area contributed by atoms with E-state index in [9.17, 15) is 4.79 Å². The van der Waals surface area contributed by atoms with E-state index in [2.05, 4.69) is 10.3 Å². The molecule has 9 heteroatoms. The minimum absolute atomic E-state index is 0.207. The summed E-state index contributed by atoms with van der Waals surface area (Å²) < 4.78 is 11.0. The van der Waals surface area contributed by atoms with Crippen LogP contribution in [0.25, 0.3) is 11.3 Å². The van der Waals surface area contributed by atoms with E-state index in [0.29, 0.717) is 46.1 Å².